The average molecular weight is 346 g/mol. The van der Waals surface area contributed by atoms with E-state index in [1.54, 1.807) is 0 Å². The summed E-state index contributed by atoms with van der Waals surface area (Å²) >= 11 is 1.48. The van der Waals surface area contributed by atoms with Crippen LogP contribution in [0.15, 0.2) is 28.2 Å². The second-order valence-corrected chi connectivity index (χ2v) is 6.46. The Hall–Kier alpha value is -1.38. The number of rotatable bonds is 5. The molecule has 4 nitrogen and oxygen atoms in total. The Morgan fingerprint density at radius 1 is 1.39 bits per heavy atom. The number of oxazole rings is 1. The fourth-order valence-corrected chi connectivity index (χ4v) is 3.31. The SMILES string of the molecule is FC(F)(F)CN(Cc1coc(-c2cccs2)n1)C1CCCOC1. The van der Waals surface area contributed by atoms with Gasteiger partial charge in [0.05, 0.1) is 23.7 Å². The zero-order chi connectivity index (χ0) is 16.3. The minimum atomic E-state index is -4.25. The van der Waals surface area contributed by atoms with Crippen LogP contribution in [0, 0.1) is 0 Å². The van der Waals surface area contributed by atoms with Gasteiger partial charge in [0, 0.05) is 19.2 Å². The van der Waals surface area contributed by atoms with Crippen LogP contribution >= 0.6 is 11.3 Å². The van der Waals surface area contributed by atoms with Crippen LogP contribution in [0.4, 0.5) is 13.2 Å². The number of aromatic nitrogens is 1. The van der Waals surface area contributed by atoms with Crippen molar-refractivity contribution in [1.29, 1.82) is 0 Å². The molecule has 1 saturated heterocycles. The van der Waals surface area contributed by atoms with Crippen molar-refractivity contribution in [2.24, 2.45) is 0 Å². The van der Waals surface area contributed by atoms with Gasteiger partial charge in [-0.05, 0) is 24.3 Å². The van der Waals surface area contributed by atoms with Crippen molar-refractivity contribution in [1.82, 2.24) is 9.88 Å². The summed E-state index contributed by atoms with van der Waals surface area (Å²) in [6.45, 7) is 0.0686. The van der Waals surface area contributed by atoms with Crippen LogP contribution in [0.1, 0.15) is 18.5 Å². The van der Waals surface area contributed by atoms with E-state index in [2.05, 4.69) is 4.98 Å². The molecule has 1 fully saturated rings. The molecular formula is C15H17F3N2O2S. The third-order valence-electron chi connectivity index (χ3n) is 3.68. The van der Waals surface area contributed by atoms with Gasteiger partial charge in [0.15, 0.2) is 0 Å². The third-order valence-corrected chi connectivity index (χ3v) is 4.54. The highest BCUT2D eigenvalue weighted by Gasteiger charge is 2.35. The molecule has 0 spiro atoms. The van der Waals surface area contributed by atoms with Gasteiger partial charge < -0.3 is 9.15 Å². The van der Waals surface area contributed by atoms with Crippen LogP contribution in [-0.4, -0.2) is 41.9 Å². The fraction of sp³-hybridized carbons (Fsp3) is 0.533. The van der Waals surface area contributed by atoms with E-state index in [0.717, 1.165) is 11.3 Å². The first kappa shape index (κ1) is 16.5. The Morgan fingerprint density at radius 2 is 2.26 bits per heavy atom. The number of thiophene rings is 1. The quantitative estimate of drug-likeness (QED) is 0.822. The maximum absolute atomic E-state index is 12.9. The van der Waals surface area contributed by atoms with Crippen LogP contribution < -0.4 is 0 Å². The smallest absolute Gasteiger partial charge is 0.401 e. The standard InChI is InChI=1S/C15H17F3N2O2S/c16-15(17,18)10-20(12-3-1-5-21-9-12)7-11-8-22-14(19-11)13-4-2-6-23-13/h2,4,6,8,12H,1,3,5,7,9-10H2. The van der Waals surface area contributed by atoms with Crippen molar-refractivity contribution in [2.45, 2.75) is 31.6 Å². The van der Waals surface area contributed by atoms with Gasteiger partial charge >= 0.3 is 6.18 Å². The molecule has 3 rings (SSSR count). The topological polar surface area (TPSA) is 38.5 Å². The highest BCUT2D eigenvalue weighted by molar-refractivity contribution is 7.13. The largest absolute Gasteiger partial charge is 0.444 e. The third kappa shape index (κ3) is 4.55. The maximum Gasteiger partial charge on any atom is 0.401 e. The summed E-state index contributed by atoms with van der Waals surface area (Å²) in [5.41, 5.74) is 0.503. The van der Waals surface area contributed by atoms with E-state index >= 15 is 0 Å². The summed E-state index contributed by atoms with van der Waals surface area (Å²) in [6, 6.07) is 3.49. The van der Waals surface area contributed by atoms with Crippen molar-refractivity contribution < 1.29 is 22.3 Å². The molecule has 0 radical (unpaired) electrons. The van der Waals surface area contributed by atoms with Crippen LogP contribution in [0.25, 0.3) is 10.8 Å². The molecule has 3 heterocycles. The molecule has 126 valence electrons. The molecule has 0 amide bonds. The van der Waals surface area contributed by atoms with E-state index < -0.39 is 12.7 Å². The number of ether oxygens (including phenoxy) is 1. The van der Waals surface area contributed by atoms with Gasteiger partial charge in [0.2, 0.25) is 5.89 Å². The number of hydrogen-bond donors (Lipinski definition) is 0. The van der Waals surface area contributed by atoms with E-state index in [4.69, 9.17) is 9.15 Å². The lowest BCUT2D eigenvalue weighted by atomic mass is 10.1. The molecule has 1 aliphatic rings. The van der Waals surface area contributed by atoms with Gasteiger partial charge in [-0.1, -0.05) is 6.07 Å². The summed E-state index contributed by atoms with van der Waals surface area (Å²) in [6.07, 6.45) is -1.34. The Morgan fingerprint density at radius 3 is 2.91 bits per heavy atom. The summed E-state index contributed by atoms with van der Waals surface area (Å²) in [7, 11) is 0. The van der Waals surface area contributed by atoms with E-state index in [1.165, 1.54) is 22.5 Å². The molecule has 0 aromatic carbocycles. The first-order chi connectivity index (χ1) is 11.0. The molecule has 0 aliphatic carbocycles. The van der Waals surface area contributed by atoms with Gasteiger partial charge in [-0.2, -0.15) is 13.2 Å². The molecule has 1 atom stereocenters. The molecule has 0 N–H and O–H groups in total. The lowest BCUT2D eigenvalue weighted by Gasteiger charge is -2.34. The highest BCUT2D eigenvalue weighted by Crippen LogP contribution is 2.26. The van der Waals surface area contributed by atoms with Crippen LogP contribution in [0.5, 0.6) is 0 Å². The molecule has 1 unspecified atom stereocenters. The van der Waals surface area contributed by atoms with Crippen molar-refractivity contribution in [2.75, 3.05) is 19.8 Å². The van der Waals surface area contributed by atoms with E-state index in [1.807, 2.05) is 17.5 Å². The zero-order valence-electron chi connectivity index (χ0n) is 12.4. The maximum atomic E-state index is 12.9. The molecule has 8 heteroatoms. The second kappa shape index (κ2) is 7.02. The van der Waals surface area contributed by atoms with Gasteiger partial charge in [-0.15, -0.1) is 11.3 Å². The molecule has 0 bridgehead atoms. The number of hydrogen-bond acceptors (Lipinski definition) is 5. The Kier molecular flexibility index (Phi) is 5.03. The monoisotopic (exact) mass is 346 g/mol. The fourth-order valence-electron chi connectivity index (χ4n) is 2.66. The van der Waals surface area contributed by atoms with Crippen LogP contribution in [-0.2, 0) is 11.3 Å². The lowest BCUT2D eigenvalue weighted by molar-refractivity contribution is -0.157. The van der Waals surface area contributed by atoms with Crippen molar-refractivity contribution >= 4 is 11.3 Å². The van der Waals surface area contributed by atoms with Gasteiger partial charge in [0.1, 0.15) is 6.26 Å². The van der Waals surface area contributed by atoms with Crippen molar-refractivity contribution in [3.8, 4) is 10.8 Å². The Bertz CT molecular complexity index is 607. The predicted molar refractivity (Wildman–Crippen MR) is 80.1 cm³/mol. The zero-order valence-corrected chi connectivity index (χ0v) is 13.2. The second-order valence-electron chi connectivity index (χ2n) is 5.51. The number of nitrogens with zero attached hydrogens (tertiary/aromatic N) is 2. The first-order valence-corrected chi connectivity index (χ1v) is 8.26. The molecule has 2 aromatic rings. The molecule has 23 heavy (non-hydrogen) atoms. The minimum absolute atomic E-state index is 0.0996. The number of halogens is 3. The van der Waals surface area contributed by atoms with Gasteiger partial charge in [-0.3, -0.25) is 4.90 Å². The summed E-state index contributed by atoms with van der Waals surface area (Å²) in [5, 5.41) is 1.90. The van der Waals surface area contributed by atoms with Gasteiger partial charge in [-0.25, -0.2) is 4.98 Å². The summed E-state index contributed by atoms with van der Waals surface area (Å²) < 4.78 is 49.3. The normalized spacial score (nSPS) is 19.4. The molecular weight excluding hydrogens is 329 g/mol. The molecule has 2 aromatic heterocycles. The Balaban J connectivity index is 1.72. The highest BCUT2D eigenvalue weighted by atomic mass is 32.1. The number of alkyl halides is 3. The molecule has 1 aliphatic heterocycles. The minimum Gasteiger partial charge on any atom is -0.444 e. The van der Waals surface area contributed by atoms with Gasteiger partial charge in [0.25, 0.3) is 0 Å². The Labute approximate surface area is 135 Å². The van der Waals surface area contributed by atoms with Crippen LogP contribution in [0.3, 0.4) is 0 Å². The van der Waals surface area contributed by atoms with Crippen molar-refractivity contribution in [3.05, 3.63) is 29.5 Å². The van der Waals surface area contributed by atoms with E-state index in [0.29, 0.717) is 31.2 Å². The van der Waals surface area contributed by atoms with E-state index in [-0.39, 0.29) is 12.6 Å². The predicted octanol–water partition coefficient (Wildman–Crippen LogP) is 3.95. The van der Waals surface area contributed by atoms with Crippen LogP contribution in [0.2, 0.25) is 0 Å². The van der Waals surface area contributed by atoms with E-state index in [9.17, 15) is 13.2 Å². The summed E-state index contributed by atoms with van der Waals surface area (Å²) in [5.74, 6) is 0.446. The molecule has 0 saturated carbocycles. The first-order valence-electron chi connectivity index (χ1n) is 7.38. The average Bonchev–Trinajstić information content (AvgIpc) is 3.17. The lowest BCUT2D eigenvalue weighted by Crippen LogP contribution is -2.45. The van der Waals surface area contributed by atoms with Crippen molar-refractivity contribution in [3.63, 3.8) is 0 Å². The summed E-state index contributed by atoms with van der Waals surface area (Å²) in [4.78, 5) is 6.56.